The number of rotatable bonds is 5. The number of carbonyl (C=O) groups excluding carboxylic acids is 1. The smallest absolute Gasteiger partial charge is 0.256 e. The van der Waals surface area contributed by atoms with Crippen LogP contribution in [-0.4, -0.2) is 47.2 Å². The number of anilines is 2. The van der Waals surface area contributed by atoms with Crippen LogP contribution in [-0.2, 0) is 6.42 Å². The molecule has 0 radical (unpaired) electrons. The van der Waals surface area contributed by atoms with Gasteiger partial charge in [0.15, 0.2) is 11.6 Å². The second-order valence-corrected chi connectivity index (χ2v) is 8.34. The Balaban J connectivity index is 1.56. The maximum atomic E-state index is 14.6. The molecule has 1 amide bonds. The summed E-state index contributed by atoms with van der Waals surface area (Å²) in [7, 11) is 0. The topological polar surface area (TPSA) is 64.6 Å². The molecule has 3 N–H and O–H groups in total. The minimum Gasteiger partial charge on any atom is -0.385 e. The zero-order chi connectivity index (χ0) is 22.2. The van der Waals surface area contributed by atoms with Crippen LogP contribution in [0.1, 0.15) is 42.1 Å². The number of aryl methyl sites for hydroxylation is 1. The number of piperidine rings is 1. The highest BCUT2D eigenvalue weighted by atomic mass is 19.2. The minimum atomic E-state index is -1.26. The van der Waals surface area contributed by atoms with Gasteiger partial charge in [0.2, 0.25) is 0 Å². The lowest BCUT2D eigenvalue weighted by Gasteiger charge is -2.51. The largest absolute Gasteiger partial charge is 0.385 e. The Morgan fingerprint density at radius 2 is 1.97 bits per heavy atom. The number of nitrogens with one attached hydrogen (secondary N) is 2. The first-order chi connectivity index (χ1) is 14.8. The molecule has 1 unspecified atom stereocenters. The van der Waals surface area contributed by atoms with Crippen LogP contribution in [0.25, 0.3) is 0 Å². The van der Waals surface area contributed by atoms with Gasteiger partial charge in [0, 0.05) is 6.04 Å². The van der Waals surface area contributed by atoms with Crippen molar-refractivity contribution in [2.75, 3.05) is 25.0 Å². The van der Waals surface area contributed by atoms with E-state index in [-0.39, 0.29) is 30.4 Å². The van der Waals surface area contributed by atoms with Crippen molar-refractivity contribution in [3.63, 3.8) is 0 Å². The molecule has 2 aromatic carbocycles. The molecule has 4 rings (SSSR count). The number of hydrogen-bond acceptors (Lipinski definition) is 4. The standard InChI is InChI=1S/C23H26F3N3O2/c1-2-14-6-9-18(17(25)11-14)28-21-15(7-8-16(24)20(21)26)22(30)29-12-23(31,13-29)19-5-3-4-10-27-19/h6-9,11,19,27-28,31H,2-5,10,12-13H2,1H3. The van der Waals surface area contributed by atoms with Crippen molar-refractivity contribution in [1.82, 2.24) is 10.2 Å². The Labute approximate surface area is 179 Å². The summed E-state index contributed by atoms with van der Waals surface area (Å²) < 4.78 is 43.0. The highest BCUT2D eigenvalue weighted by molar-refractivity contribution is 6.01. The zero-order valence-electron chi connectivity index (χ0n) is 17.4. The molecule has 2 aromatic rings. The number of hydrogen-bond donors (Lipinski definition) is 3. The van der Waals surface area contributed by atoms with Gasteiger partial charge in [0.25, 0.3) is 5.91 Å². The van der Waals surface area contributed by atoms with Crippen LogP contribution in [0.4, 0.5) is 24.5 Å². The average Bonchev–Trinajstić information content (AvgIpc) is 2.76. The summed E-state index contributed by atoms with van der Waals surface area (Å²) >= 11 is 0. The third kappa shape index (κ3) is 4.14. The third-order valence-electron chi connectivity index (χ3n) is 6.20. The molecule has 0 aromatic heterocycles. The van der Waals surface area contributed by atoms with E-state index in [0.29, 0.717) is 6.42 Å². The van der Waals surface area contributed by atoms with Gasteiger partial charge in [-0.05, 0) is 55.6 Å². The molecule has 2 fully saturated rings. The molecule has 2 saturated heterocycles. The van der Waals surface area contributed by atoms with Gasteiger partial charge < -0.3 is 20.6 Å². The average molecular weight is 433 g/mol. The normalized spacial score (nSPS) is 20.3. The summed E-state index contributed by atoms with van der Waals surface area (Å²) in [6.45, 7) is 2.89. The SMILES string of the molecule is CCc1ccc(Nc2c(C(=O)N3CC(O)(C4CCCCN4)C3)ccc(F)c2F)c(F)c1. The quantitative estimate of drug-likeness (QED) is 0.672. The zero-order valence-corrected chi connectivity index (χ0v) is 17.4. The van der Waals surface area contributed by atoms with Crippen LogP contribution in [0, 0.1) is 17.5 Å². The number of benzene rings is 2. The van der Waals surface area contributed by atoms with Crippen molar-refractivity contribution in [1.29, 1.82) is 0 Å². The van der Waals surface area contributed by atoms with Crippen molar-refractivity contribution in [2.24, 2.45) is 0 Å². The van der Waals surface area contributed by atoms with Gasteiger partial charge in [-0.25, -0.2) is 13.2 Å². The Hall–Kier alpha value is -2.58. The fraction of sp³-hybridized carbons (Fsp3) is 0.435. The number of halogens is 3. The Morgan fingerprint density at radius 1 is 1.19 bits per heavy atom. The van der Waals surface area contributed by atoms with Crippen LogP contribution in [0.3, 0.4) is 0 Å². The molecule has 8 heteroatoms. The van der Waals surface area contributed by atoms with Gasteiger partial charge in [-0.3, -0.25) is 4.79 Å². The third-order valence-corrected chi connectivity index (χ3v) is 6.20. The monoisotopic (exact) mass is 433 g/mol. The first kappa shape index (κ1) is 21.6. The number of nitrogens with zero attached hydrogens (tertiary/aromatic N) is 1. The Kier molecular flexibility index (Phi) is 5.94. The molecular weight excluding hydrogens is 407 g/mol. The molecule has 1 atom stereocenters. The van der Waals surface area contributed by atoms with Gasteiger partial charge in [0.1, 0.15) is 11.4 Å². The number of amides is 1. The van der Waals surface area contributed by atoms with Gasteiger partial charge in [-0.1, -0.05) is 19.4 Å². The summed E-state index contributed by atoms with van der Waals surface area (Å²) in [5, 5.41) is 16.7. The molecule has 166 valence electrons. The highest BCUT2D eigenvalue weighted by Gasteiger charge is 2.49. The van der Waals surface area contributed by atoms with E-state index in [1.54, 1.807) is 6.07 Å². The van der Waals surface area contributed by atoms with E-state index >= 15 is 0 Å². The number of aliphatic hydroxyl groups is 1. The maximum absolute atomic E-state index is 14.6. The molecule has 31 heavy (non-hydrogen) atoms. The van der Waals surface area contributed by atoms with Crippen LogP contribution >= 0.6 is 0 Å². The molecule has 5 nitrogen and oxygen atoms in total. The first-order valence-electron chi connectivity index (χ1n) is 10.6. The van der Waals surface area contributed by atoms with Crippen molar-refractivity contribution < 1.29 is 23.1 Å². The van der Waals surface area contributed by atoms with Gasteiger partial charge in [0.05, 0.1) is 30.0 Å². The second-order valence-electron chi connectivity index (χ2n) is 8.34. The lowest BCUT2D eigenvalue weighted by molar-refractivity contribution is -0.108. The summed E-state index contributed by atoms with van der Waals surface area (Å²) in [5.41, 5.74) is -0.863. The van der Waals surface area contributed by atoms with Crippen LogP contribution in [0.2, 0.25) is 0 Å². The number of carbonyl (C=O) groups is 1. The fourth-order valence-corrected chi connectivity index (χ4v) is 4.33. The van der Waals surface area contributed by atoms with Gasteiger partial charge >= 0.3 is 0 Å². The number of likely N-dealkylation sites (tertiary alicyclic amines) is 1. The molecule has 0 aliphatic carbocycles. The maximum Gasteiger partial charge on any atom is 0.256 e. The highest BCUT2D eigenvalue weighted by Crippen LogP contribution is 2.34. The van der Waals surface area contributed by atoms with E-state index in [2.05, 4.69) is 10.6 Å². The summed E-state index contributed by atoms with van der Waals surface area (Å²) in [6, 6.07) is 6.38. The van der Waals surface area contributed by atoms with Crippen LogP contribution in [0.15, 0.2) is 30.3 Å². The Morgan fingerprint density at radius 3 is 2.61 bits per heavy atom. The lowest BCUT2D eigenvalue weighted by atomic mass is 9.81. The minimum absolute atomic E-state index is 0.0535. The summed E-state index contributed by atoms with van der Waals surface area (Å²) in [6.07, 6.45) is 3.51. The number of β-amino-alcohol motifs (C(OH)–C–C–N with tert-alkyl or cyclic N) is 1. The van der Waals surface area contributed by atoms with Crippen molar-refractivity contribution in [3.8, 4) is 0 Å². The molecule has 2 aliphatic rings. The lowest BCUT2D eigenvalue weighted by Crippen LogP contribution is -2.72. The summed E-state index contributed by atoms with van der Waals surface area (Å²) in [5.74, 6) is -3.57. The second kappa shape index (κ2) is 8.51. The molecule has 2 aliphatic heterocycles. The van der Waals surface area contributed by atoms with E-state index in [0.717, 1.165) is 37.4 Å². The first-order valence-corrected chi connectivity index (χ1v) is 10.6. The fourth-order valence-electron chi connectivity index (χ4n) is 4.33. The van der Waals surface area contributed by atoms with Crippen molar-refractivity contribution in [2.45, 2.75) is 44.2 Å². The van der Waals surface area contributed by atoms with Crippen LogP contribution in [0.5, 0.6) is 0 Å². The molecule has 0 spiro atoms. The molecule has 2 heterocycles. The van der Waals surface area contributed by atoms with Crippen LogP contribution < -0.4 is 10.6 Å². The van der Waals surface area contributed by atoms with E-state index in [4.69, 9.17) is 0 Å². The molecule has 0 bridgehead atoms. The summed E-state index contributed by atoms with van der Waals surface area (Å²) in [4.78, 5) is 14.4. The van der Waals surface area contributed by atoms with Gasteiger partial charge in [-0.15, -0.1) is 0 Å². The molecule has 0 saturated carbocycles. The van der Waals surface area contributed by atoms with E-state index in [1.165, 1.54) is 23.1 Å². The predicted octanol–water partition coefficient (Wildman–Crippen LogP) is 3.74. The van der Waals surface area contributed by atoms with Gasteiger partial charge in [-0.2, -0.15) is 0 Å². The predicted molar refractivity (Wildman–Crippen MR) is 112 cm³/mol. The van der Waals surface area contributed by atoms with E-state index in [9.17, 15) is 23.1 Å². The van der Waals surface area contributed by atoms with Crippen molar-refractivity contribution in [3.05, 3.63) is 58.9 Å². The molecular formula is C23H26F3N3O2. The van der Waals surface area contributed by atoms with E-state index in [1.807, 2.05) is 6.92 Å². The Bertz CT molecular complexity index is 986. The van der Waals surface area contributed by atoms with E-state index < -0.39 is 34.6 Å². The van der Waals surface area contributed by atoms with Crippen molar-refractivity contribution >= 4 is 17.3 Å².